The number of likely N-dealkylation sites (tertiary alicyclic amines) is 1. The molecule has 1 aliphatic rings. The number of piperidine rings is 1. The largest absolute Gasteiger partial charge is 0.341 e. The summed E-state index contributed by atoms with van der Waals surface area (Å²) in [6, 6.07) is 9.64. The number of hydrogen-bond donors (Lipinski definition) is 0. The highest BCUT2D eigenvalue weighted by Gasteiger charge is 2.28. The smallest absolute Gasteiger partial charge is 0.245 e. The van der Waals surface area contributed by atoms with Gasteiger partial charge in [-0.3, -0.25) is 4.79 Å². The van der Waals surface area contributed by atoms with Crippen molar-refractivity contribution >= 4 is 16.9 Å². The predicted molar refractivity (Wildman–Crippen MR) is 95.0 cm³/mol. The fraction of sp³-hybridized carbons (Fsp3) is 0.368. The van der Waals surface area contributed by atoms with E-state index in [1.165, 1.54) is 0 Å². The van der Waals surface area contributed by atoms with Gasteiger partial charge in [0.2, 0.25) is 5.91 Å². The van der Waals surface area contributed by atoms with Crippen LogP contribution in [0.2, 0.25) is 0 Å². The van der Waals surface area contributed by atoms with E-state index in [2.05, 4.69) is 15.0 Å². The molecule has 6 heteroatoms. The molecule has 2 aromatic heterocycles. The van der Waals surface area contributed by atoms with Crippen molar-refractivity contribution in [3.8, 4) is 0 Å². The number of imidazole rings is 1. The van der Waals surface area contributed by atoms with Crippen LogP contribution in [0, 0.1) is 0 Å². The Morgan fingerprint density at radius 2 is 1.96 bits per heavy atom. The normalized spacial score (nSPS) is 16.9. The third-order valence-electron chi connectivity index (χ3n) is 5.09. The van der Waals surface area contributed by atoms with Gasteiger partial charge < -0.3 is 9.47 Å². The van der Waals surface area contributed by atoms with Crippen molar-refractivity contribution in [2.24, 2.45) is 0 Å². The van der Waals surface area contributed by atoms with Crippen LogP contribution in [0.5, 0.6) is 0 Å². The molecule has 0 aliphatic carbocycles. The van der Waals surface area contributed by atoms with E-state index in [9.17, 15) is 4.79 Å². The van der Waals surface area contributed by atoms with Crippen molar-refractivity contribution in [3.63, 3.8) is 0 Å². The molecule has 128 valence electrons. The lowest BCUT2D eigenvalue weighted by molar-refractivity contribution is -0.135. The van der Waals surface area contributed by atoms with Crippen LogP contribution in [0.4, 0.5) is 0 Å². The number of carbonyl (C=O) groups is 1. The molecule has 1 fully saturated rings. The first kappa shape index (κ1) is 15.7. The van der Waals surface area contributed by atoms with Gasteiger partial charge in [0, 0.05) is 30.9 Å². The van der Waals surface area contributed by atoms with E-state index in [0.29, 0.717) is 5.92 Å². The summed E-state index contributed by atoms with van der Waals surface area (Å²) in [5.74, 6) is 0.570. The minimum Gasteiger partial charge on any atom is -0.341 e. The van der Waals surface area contributed by atoms with Gasteiger partial charge in [0.15, 0.2) is 0 Å². The number of nitrogens with zero attached hydrogens (tertiary/aromatic N) is 5. The fourth-order valence-corrected chi connectivity index (χ4v) is 3.61. The highest BCUT2D eigenvalue weighted by molar-refractivity contribution is 5.83. The van der Waals surface area contributed by atoms with Gasteiger partial charge in [-0.05, 0) is 38.0 Å². The maximum absolute atomic E-state index is 12.9. The van der Waals surface area contributed by atoms with E-state index >= 15 is 0 Å². The zero-order chi connectivity index (χ0) is 17.2. The average molecular weight is 335 g/mol. The topological polar surface area (TPSA) is 63.9 Å². The van der Waals surface area contributed by atoms with Gasteiger partial charge in [0.25, 0.3) is 0 Å². The van der Waals surface area contributed by atoms with Crippen molar-refractivity contribution < 1.29 is 4.79 Å². The van der Waals surface area contributed by atoms with Gasteiger partial charge in [-0.25, -0.2) is 15.0 Å². The Balaban J connectivity index is 1.45. The molecule has 1 atom stereocenters. The second-order valence-electron chi connectivity index (χ2n) is 6.55. The quantitative estimate of drug-likeness (QED) is 0.738. The molecule has 1 aliphatic heterocycles. The van der Waals surface area contributed by atoms with Crippen LogP contribution >= 0.6 is 0 Å². The molecule has 0 saturated carbocycles. The molecule has 1 amide bonds. The van der Waals surface area contributed by atoms with Crippen LogP contribution in [0.15, 0.2) is 49.2 Å². The molecule has 1 aromatic carbocycles. The van der Waals surface area contributed by atoms with Crippen LogP contribution in [0.1, 0.15) is 37.4 Å². The third kappa shape index (κ3) is 2.99. The molecular formula is C19H21N5O. The summed E-state index contributed by atoms with van der Waals surface area (Å²) in [5, 5.41) is 0. The molecule has 3 heterocycles. The highest BCUT2D eigenvalue weighted by Crippen LogP contribution is 2.28. The molecule has 3 aromatic rings. The minimum atomic E-state index is -0.247. The number of rotatable bonds is 3. The minimum absolute atomic E-state index is 0.157. The maximum Gasteiger partial charge on any atom is 0.245 e. The van der Waals surface area contributed by atoms with Crippen LogP contribution in [-0.2, 0) is 4.79 Å². The van der Waals surface area contributed by atoms with Gasteiger partial charge in [0.05, 0.1) is 17.4 Å². The molecule has 6 nitrogen and oxygen atoms in total. The lowest BCUT2D eigenvalue weighted by atomic mass is 9.93. The Morgan fingerprint density at radius 1 is 1.16 bits per heavy atom. The number of benzene rings is 1. The SMILES string of the molecule is CC(C(=O)N1CCC(c2ccncn2)CC1)n1cnc2ccccc21. The second-order valence-corrected chi connectivity index (χ2v) is 6.55. The Labute approximate surface area is 146 Å². The Hall–Kier alpha value is -2.76. The second kappa shape index (κ2) is 6.63. The van der Waals surface area contributed by atoms with Crippen molar-refractivity contribution in [2.45, 2.75) is 31.7 Å². The fourth-order valence-electron chi connectivity index (χ4n) is 3.61. The zero-order valence-corrected chi connectivity index (χ0v) is 14.2. The van der Waals surface area contributed by atoms with Crippen molar-refractivity contribution in [1.29, 1.82) is 0 Å². The van der Waals surface area contributed by atoms with E-state index in [-0.39, 0.29) is 11.9 Å². The summed E-state index contributed by atoms with van der Waals surface area (Å²) >= 11 is 0. The maximum atomic E-state index is 12.9. The molecule has 0 bridgehead atoms. The first-order valence-corrected chi connectivity index (χ1v) is 8.70. The van der Waals surface area contributed by atoms with E-state index in [4.69, 9.17) is 0 Å². The Bertz CT molecular complexity index is 868. The Kier molecular flexibility index (Phi) is 4.17. The number of fused-ring (bicyclic) bond motifs is 1. The Morgan fingerprint density at radius 3 is 2.72 bits per heavy atom. The first-order valence-electron chi connectivity index (χ1n) is 8.70. The van der Waals surface area contributed by atoms with Gasteiger partial charge in [-0.15, -0.1) is 0 Å². The predicted octanol–water partition coefficient (Wildman–Crippen LogP) is 2.79. The standard InChI is InChI=1S/C19H21N5O/c1-14(24-13-22-17-4-2-3-5-18(17)24)19(25)23-10-7-15(8-11-23)16-6-9-20-12-21-16/h2-6,9,12-15H,7-8,10-11H2,1H3. The number of hydrogen-bond acceptors (Lipinski definition) is 4. The summed E-state index contributed by atoms with van der Waals surface area (Å²) in [5.41, 5.74) is 3.00. The molecule has 1 unspecified atom stereocenters. The summed E-state index contributed by atoms with van der Waals surface area (Å²) in [7, 11) is 0. The van der Waals surface area contributed by atoms with Crippen molar-refractivity contribution in [2.75, 3.05) is 13.1 Å². The molecule has 4 rings (SSSR count). The first-order chi connectivity index (χ1) is 12.2. The van der Waals surface area contributed by atoms with Gasteiger partial charge in [-0.2, -0.15) is 0 Å². The van der Waals surface area contributed by atoms with Crippen LogP contribution in [0.3, 0.4) is 0 Å². The molecule has 0 N–H and O–H groups in total. The molecule has 0 radical (unpaired) electrons. The summed E-state index contributed by atoms with van der Waals surface area (Å²) in [6.07, 6.45) is 7.03. The molecular weight excluding hydrogens is 314 g/mol. The summed E-state index contributed by atoms with van der Waals surface area (Å²) in [4.78, 5) is 27.6. The van der Waals surface area contributed by atoms with E-state index < -0.39 is 0 Å². The monoisotopic (exact) mass is 335 g/mol. The van der Waals surface area contributed by atoms with Gasteiger partial charge in [-0.1, -0.05) is 12.1 Å². The molecule has 25 heavy (non-hydrogen) atoms. The van der Waals surface area contributed by atoms with Crippen molar-refractivity contribution in [3.05, 3.63) is 54.9 Å². The van der Waals surface area contributed by atoms with Crippen LogP contribution < -0.4 is 0 Å². The van der Waals surface area contributed by atoms with E-state index in [0.717, 1.165) is 42.7 Å². The van der Waals surface area contributed by atoms with Crippen LogP contribution in [-0.4, -0.2) is 43.4 Å². The highest BCUT2D eigenvalue weighted by atomic mass is 16.2. The van der Waals surface area contributed by atoms with Gasteiger partial charge in [0.1, 0.15) is 12.4 Å². The molecule has 0 spiro atoms. The van der Waals surface area contributed by atoms with E-state index in [1.54, 1.807) is 18.9 Å². The van der Waals surface area contributed by atoms with E-state index in [1.807, 2.05) is 46.7 Å². The number of para-hydroxylation sites is 2. The lowest BCUT2D eigenvalue weighted by Gasteiger charge is -2.33. The third-order valence-corrected chi connectivity index (χ3v) is 5.09. The summed E-state index contributed by atoms with van der Waals surface area (Å²) < 4.78 is 1.97. The lowest BCUT2D eigenvalue weighted by Crippen LogP contribution is -2.41. The molecule has 1 saturated heterocycles. The van der Waals surface area contributed by atoms with Crippen molar-refractivity contribution in [1.82, 2.24) is 24.4 Å². The number of aromatic nitrogens is 4. The van der Waals surface area contributed by atoms with Gasteiger partial charge >= 0.3 is 0 Å². The number of carbonyl (C=O) groups excluding carboxylic acids is 1. The summed E-state index contributed by atoms with van der Waals surface area (Å²) in [6.45, 7) is 3.49. The number of amides is 1. The average Bonchev–Trinajstić information content (AvgIpc) is 3.12. The zero-order valence-electron chi connectivity index (χ0n) is 14.2. The van der Waals surface area contributed by atoms with Crippen LogP contribution in [0.25, 0.3) is 11.0 Å².